The Morgan fingerprint density at radius 3 is 2.67 bits per heavy atom. The molecule has 3 rings (SSSR count). The second-order valence-corrected chi connectivity index (χ2v) is 5.89. The van der Waals surface area contributed by atoms with E-state index in [1.54, 1.807) is 7.11 Å². The Morgan fingerprint density at radius 1 is 1.17 bits per heavy atom. The highest BCUT2D eigenvalue weighted by Crippen LogP contribution is 2.30. The van der Waals surface area contributed by atoms with Crippen LogP contribution in [0.5, 0.6) is 5.75 Å². The van der Waals surface area contributed by atoms with Crippen molar-refractivity contribution in [2.24, 2.45) is 4.99 Å². The first-order valence-electron chi connectivity index (χ1n) is 8.35. The summed E-state index contributed by atoms with van der Waals surface area (Å²) in [5, 5.41) is 3.51. The summed E-state index contributed by atoms with van der Waals surface area (Å²) in [4.78, 5) is 5.04. The Balaban J connectivity index is 0.00000208. The summed E-state index contributed by atoms with van der Waals surface area (Å²) in [5.74, 6) is 1.92. The zero-order chi connectivity index (χ0) is 16.1. The second-order valence-electron chi connectivity index (χ2n) is 5.89. The molecule has 24 heavy (non-hydrogen) atoms. The van der Waals surface area contributed by atoms with Gasteiger partial charge in [-0.3, -0.25) is 4.99 Å². The summed E-state index contributed by atoms with van der Waals surface area (Å²) >= 11 is 0. The molecule has 0 spiro atoms. The second kappa shape index (κ2) is 8.74. The first-order valence-corrected chi connectivity index (χ1v) is 8.35. The van der Waals surface area contributed by atoms with E-state index in [-0.39, 0.29) is 18.4 Å². The first kappa shape index (κ1) is 18.3. The molecule has 1 heterocycles. The van der Waals surface area contributed by atoms with Gasteiger partial charge in [-0.25, -0.2) is 0 Å². The van der Waals surface area contributed by atoms with Crippen LogP contribution >= 0.6 is 12.4 Å². The molecule has 0 bridgehead atoms. The molecular weight excluding hydrogens is 320 g/mol. The number of aryl methyl sites for hydroxylation is 1. The van der Waals surface area contributed by atoms with Crippen LogP contribution in [0.4, 0.5) is 0 Å². The Morgan fingerprint density at radius 2 is 1.96 bits per heavy atom. The van der Waals surface area contributed by atoms with Crippen molar-refractivity contribution in [3.05, 3.63) is 65.2 Å². The van der Waals surface area contributed by atoms with Crippen LogP contribution in [0.15, 0.2) is 53.5 Å². The van der Waals surface area contributed by atoms with Crippen LogP contribution < -0.4 is 10.1 Å². The van der Waals surface area contributed by atoms with Crippen LogP contribution in [0.2, 0.25) is 0 Å². The van der Waals surface area contributed by atoms with Gasteiger partial charge in [0, 0.05) is 12.1 Å². The SMILES string of the molecule is CCCNC1=NC(c2ccccc2)CCc2cc(OC)ccc21.Cl. The lowest BCUT2D eigenvalue weighted by Crippen LogP contribution is -2.26. The topological polar surface area (TPSA) is 33.6 Å². The van der Waals surface area contributed by atoms with Crippen LogP contribution in [-0.4, -0.2) is 19.5 Å². The monoisotopic (exact) mass is 344 g/mol. The predicted molar refractivity (Wildman–Crippen MR) is 103 cm³/mol. The molecule has 4 heteroatoms. The molecule has 1 unspecified atom stereocenters. The Kier molecular flexibility index (Phi) is 6.68. The number of nitrogens with zero attached hydrogens (tertiary/aromatic N) is 1. The highest BCUT2D eigenvalue weighted by molar-refractivity contribution is 6.00. The third-order valence-electron chi connectivity index (χ3n) is 4.27. The van der Waals surface area contributed by atoms with Crippen molar-refractivity contribution in [1.29, 1.82) is 0 Å². The largest absolute Gasteiger partial charge is 0.497 e. The molecule has 2 aromatic carbocycles. The third kappa shape index (κ3) is 4.09. The number of fused-ring (bicyclic) bond motifs is 1. The number of nitrogens with one attached hydrogen (secondary N) is 1. The number of methoxy groups -OCH3 is 1. The highest BCUT2D eigenvalue weighted by Gasteiger charge is 2.20. The van der Waals surface area contributed by atoms with Gasteiger partial charge in [-0.2, -0.15) is 0 Å². The molecule has 128 valence electrons. The maximum absolute atomic E-state index is 5.39. The quantitative estimate of drug-likeness (QED) is 0.882. The lowest BCUT2D eigenvalue weighted by Gasteiger charge is -2.14. The van der Waals surface area contributed by atoms with Gasteiger partial charge in [0.1, 0.15) is 11.6 Å². The third-order valence-corrected chi connectivity index (χ3v) is 4.27. The Bertz CT molecular complexity index is 685. The van der Waals surface area contributed by atoms with E-state index in [9.17, 15) is 0 Å². The van der Waals surface area contributed by atoms with Crippen LogP contribution in [0.3, 0.4) is 0 Å². The van der Waals surface area contributed by atoms with E-state index in [1.807, 2.05) is 6.07 Å². The predicted octanol–water partition coefficient (Wildman–Crippen LogP) is 4.55. The van der Waals surface area contributed by atoms with Crippen molar-refractivity contribution in [2.75, 3.05) is 13.7 Å². The number of amidine groups is 1. The van der Waals surface area contributed by atoms with Crippen molar-refractivity contribution < 1.29 is 4.74 Å². The summed E-state index contributed by atoms with van der Waals surface area (Å²) in [6.45, 7) is 3.11. The molecule has 0 amide bonds. The first-order chi connectivity index (χ1) is 11.3. The molecule has 0 fully saturated rings. The van der Waals surface area contributed by atoms with Gasteiger partial charge >= 0.3 is 0 Å². The lowest BCUT2D eigenvalue weighted by molar-refractivity contribution is 0.414. The van der Waals surface area contributed by atoms with Crippen LogP contribution in [0.25, 0.3) is 0 Å². The van der Waals surface area contributed by atoms with Crippen molar-refractivity contribution in [1.82, 2.24) is 5.32 Å². The van der Waals surface area contributed by atoms with Crippen molar-refractivity contribution in [3.63, 3.8) is 0 Å². The number of aliphatic imine (C=N–C) groups is 1. The van der Waals surface area contributed by atoms with Gasteiger partial charge in [0.25, 0.3) is 0 Å². The van der Waals surface area contributed by atoms with Crippen molar-refractivity contribution in [2.45, 2.75) is 32.2 Å². The molecule has 3 nitrogen and oxygen atoms in total. The van der Waals surface area contributed by atoms with E-state index >= 15 is 0 Å². The molecule has 1 atom stereocenters. The number of benzene rings is 2. The fourth-order valence-electron chi connectivity index (χ4n) is 3.02. The van der Waals surface area contributed by atoms with E-state index in [4.69, 9.17) is 9.73 Å². The minimum atomic E-state index is 0. The average Bonchev–Trinajstić information content (AvgIpc) is 2.79. The maximum atomic E-state index is 5.39. The van der Waals surface area contributed by atoms with Gasteiger partial charge in [-0.15, -0.1) is 12.4 Å². The van der Waals surface area contributed by atoms with E-state index < -0.39 is 0 Å². The summed E-state index contributed by atoms with van der Waals surface area (Å²) in [6, 6.07) is 17.1. The zero-order valence-corrected chi connectivity index (χ0v) is 15.1. The van der Waals surface area contributed by atoms with Crippen LogP contribution in [0.1, 0.15) is 42.5 Å². The zero-order valence-electron chi connectivity index (χ0n) is 14.3. The van der Waals surface area contributed by atoms with Gasteiger partial charge in [0.2, 0.25) is 0 Å². The summed E-state index contributed by atoms with van der Waals surface area (Å²) in [5.41, 5.74) is 3.80. The van der Waals surface area contributed by atoms with E-state index in [0.29, 0.717) is 0 Å². The summed E-state index contributed by atoms with van der Waals surface area (Å²) in [7, 11) is 1.72. The van der Waals surface area contributed by atoms with Crippen molar-refractivity contribution in [3.8, 4) is 5.75 Å². The molecule has 0 saturated heterocycles. The molecule has 1 N–H and O–H groups in total. The number of ether oxygens (including phenoxy) is 1. The molecule has 1 aliphatic rings. The van der Waals surface area contributed by atoms with E-state index in [1.165, 1.54) is 16.7 Å². The van der Waals surface area contributed by atoms with Crippen molar-refractivity contribution >= 4 is 18.2 Å². The van der Waals surface area contributed by atoms with Gasteiger partial charge < -0.3 is 10.1 Å². The molecule has 0 radical (unpaired) electrons. The fraction of sp³-hybridized carbons (Fsp3) is 0.350. The molecule has 2 aromatic rings. The minimum absolute atomic E-state index is 0. The molecular formula is C20H25ClN2O. The number of halogens is 1. The molecule has 0 saturated carbocycles. The normalized spacial score (nSPS) is 16.2. The minimum Gasteiger partial charge on any atom is -0.497 e. The Labute approximate surface area is 150 Å². The number of hydrogen-bond acceptors (Lipinski definition) is 3. The number of rotatable bonds is 4. The molecule has 0 aromatic heterocycles. The number of hydrogen-bond donors (Lipinski definition) is 1. The fourth-order valence-corrected chi connectivity index (χ4v) is 3.02. The highest BCUT2D eigenvalue weighted by atomic mass is 35.5. The molecule has 1 aliphatic heterocycles. The lowest BCUT2D eigenvalue weighted by atomic mass is 9.98. The summed E-state index contributed by atoms with van der Waals surface area (Å²) < 4.78 is 5.39. The maximum Gasteiger partial charge on any atom is 0.129 e. The van der Waals surface area contributed by atoms with E-state index in [0.717, 1.165) is 37.4 Å². The average molecular weight is 345 g/mol. The smallest absolute Gasteiger partial charge is 0.129 e. The standard InChI is InChI=1S/C20H24N2O.ClH/c1-3-13-21-20-18-11-10-17(23-2)14-16(18)9-12-19(22-20)15-7-5-4-6-8-15;/h4-8,10-11,14,19H,3,9,12-13H2,1-2H3,(H,21,22);1H. The summed E-state index contributed by atoms with van der Waals surface area (Å²) in [6.07, 6.45) is 3.11. The van der Waals surface area contributed by atoms with Gasteiger partial charge in [0.15, 0.2) is 0 Å². The molecule has 0 aliphatic carbocycles. The van der Waals surface area contributed by atoms with Crippen LogP contribution in [-0.2, 0) is 6.42 Å². The van der Waals surface area contributed by atoms with Gasteiger partial charge in [-0.05, 0) is 48.6 Å². The van der Waals surface area contributed by atoms with Crippen LogP contribution in [0, 0.1) is 0 Å². The van der Waals surface area contributed by atoms with Gasteiger partial charge in [-0.1, -0.05) is 37.3 Å². The van der Waals surface area contributed by atoms with E-state index in [2.05, 4.69) is 54.7 Å². The van der Waals surface area contributed by atoms with Gasteiger partial charge in [0.05, 0.1) is 13.2 Å². The Hall–Kier alpha value is -2.00.